The molecule has 28 heavy (non-hydrogen) atoms. The molecule has 9 nitrogen and oxygen atoms in total. The number of aromatic amines is 1. The zero-order chi connectivity index (χ0) is 20.3. The van der Waals surface area contributed by atoms with E-state index in [1.165, 1.54) is 16.2 Å². The number of hydrogen-bond donors (Lipinski definition) is 1. The van der Waals surface area contributed by atoms with Crippen LogP contribution in [0.15, 0.2) is 33.9 Å². The minimum Gasteiger partial charge on any atom is -0.496 e. The number of nitrogens with zero attached hydrogens (tertiary/aromatic N) is 3. The van der Waals surface area contributed by atoms with Crippen molar-refractivity contribution in [1.82, 2.24) is 19.1 Å². The molecule has 0 aliphatic rings. The summed E-state index contributed by atoms with van der Waals surface area (Å²) in [5, 5.41) is 0. The van der Waals surface area contributed by atoms with E-state index in [0.29, 0.717) is 23.7 Å². The second kappa shape index (κ2) is 8.12. The fourth-order valence-electron chi connectivity index (χ4n) is 2.97. The summed E-state index contributed by atoms with van der Waals surface area (Å²) < 4.78 is 13.5. The number of unbranched alkanes of at least 4 members (excludes halogenated alkanes) is 1. The van der Waals surface area contributed by atoms with Crippen LogP contribution in [0.25, 0.3) is 11.2 Å². The van der Waals surface area contributed by atoms with E-state index in [2.05, 4.69) is 9.97 Å². The highest BCUT2D eigenvalue weighted by molar-refractivity contribution is 5.92. The van der Waals surface area contributed by atoms with Crippen molar-refractivity contribution >= 4 is 17.1 Å². The Morgan fingerprint density at radius 3 is 2.71 bits per heavy atom. The summed E-state index contributed by atoms with van der Waals surface area (Å²) >= 11 is 0. The molecule has 0 radical (unpaired) electrons. The molecular formula is C19H22N4O5. The van der Waals surface area contributed by atoms with E-state index in [0.717, 1.165) is 12.8 Å². The monoisotopic (exact) mass is 386 g/mol. The molecule has 1 N–H and O–H groups in total. The van der Waals surface area contributed by atoms with Gasteiger partial charge in [-0.2, -0.15) is 0 Å². The van der Waals surface area contributed by atoms with Gasteiger partial charge in [-0.05, 0) is 18.6 Å². The van der Waals surface area contributed by atoms with Crippen molar-refractivity contribution in [1.29, 1.82) is 0 Å². The van der Waals surface area contributed by atoms with E-state index in [1.807, 2.05) is 6.92 Å². The largest absolute Gasteiger partial charge is 0.496 e. The fourth-order valence-corrected chi connectivity index (χ4v) is 2.97. The van der Waals surface area contributed by atoms with Gasteiger partial charge >= 0.3 is 11.7 Å². The number of nitrogens with one attached hydrogen (secondary N) is 1. The normalized spacial score (nSPS) is 11.0. The van der Waals surface area contributed by atoms with E-state index in [-0.39, 0.29) is 17.8 Å². The van der Waals surface area contributed by atoms with Crippen molar-refractivity contribution < 1.29 is 14.3 Å². The molecule has 3 aromatic rings. The van der Waals surface area contributed by atoms with Crippen LogP contribution < -0.4 is 16.0 Å². The van der Waals surface area contributed by atoms with Crippen molar-refractivity contribution in [3.05, 3.63) is 56.5 Å². The van der Waals surface area contributed by atoms with Crippen LogP contribution in [-0.2, 0) is 24.9 Å². The molecule has 0 amide bonds. The number of fused-ring (bicyclic) bond motifs is 1. The number of esters is 1. The number of benzene rings is 1. The van der Waals surface area contributed by atoms with Crippen LogP contribution in [0.2, 0.25) is 0 Å². The Morgan fingerprint density at radius 2 is 2.00 bits per heavy atom. The topological polar surface area (TPSA) is 108 Å². The molecule has 148 valence electrons. The van der Waals surface area contributed by atoms with Gasteiger partial charge in [0.2, 0.25) is 0 Å². The van der Waals surface area contributed by atoms with Crippen molar-refractivity contribution in [2.45, 2.75) is 32.9 Å². The molecular weight excluding hydrogens is 364 g/mol. The molecule has 0 fully saturated rings. The number of ether oxygens (including phenoxy) is 2. The van der Waals surface area contributed by atoms with Crippen molar-refractivity contribution in [2.24, 2.45) is 7.05 Å². The minimum atomic E-state index is -0.568. The third-order valence-electron chi connectivity index (χ3n) is 4.50. The van der Waals surface area contributed by atoms with Crippen LogP contribution in [-0.4, -0.2) is 32.2 Å². The fraction of sp³-hybridized carbons (Fsp3) is 0.368. The number of para-hydroxylation sites is 1. The second-order valence-electron chi connectivity index (χ2n) is 6.30. The standard InChI is InChI=1S/C19H22N4O5/c1-4-5-10-23-16-15(17(24)21-19(23)26)22(2)14(20-16)11-28-18(25)12-8-6-7-9-13(12)27-3/h6-9H,4-5,10-11H2,1-3H3,(H,21,24,26). The summed E-state index contributed by atoms with van der Waals surface area (Å²) in [6.07, 6.45) is 1.67. The predicted octanol–water partition coefficient (Wildman–Crippen LogP) is 1.59. The average molecular weight is 386 g/mol. The molecule has 0 saturated heterocycles. The first-order valence-electron chi connectivity index (χ1n) is 8.96. The molecule has 0 unspecified atom stereocenters. The summed E-state index contributed by atoms with van der Waals surface area (Å²) in [5.74, 6) is 0.198. The van der Waals surface area contributed by atoms with E-state index in [4.69, 9.17) is 9.47 Å². The molecule has 0 spiro atoms. The molecule has 2 heterocycles. The average Bonchev–Trinajstić information content (AvgIpc) is 3.02. The highest BCUT2D eigenvalue weighted by Gasteiger charge is 2.19. The van der Waals surface area contributed by atoms with Gasteiger partial charge in [0.25, 0.3) is 5.56 Å². The lowest BCUT2D eigenvalue weighted by molar-refractivity contribution is 0.0456. The maximum absolute atomic E-state index is 12.4. The predicted molar refractivity (Wildman–Crippen MR) is 103 cm³/mol. The Balaban J connectivity index is 1.93. The smallest absolute Gasteiger partial charge is 0.342 e. The number of H-pyrrole nitrogens is 1. The van der Waals surface area contributed by atoms with Crippen LogP contribution in [0, 0.1) is 0 Å². The molecule has 0 bridgehead atoms. The first-order chi connectivity index (χ1) is 13.5. The number of imidazole rings is 1. The van der Waals surface area contributed by atoms with Crippen LogP contribution in [0.1, 0.15) is 35.9 Å². The van der Waals surface area contributed by atoms with Gasteiger partial charge < -0.3 is 14.0 Å². The number of aromatic nitrogens is 4. The van der Waals surface area contributed by atoms with Gasteiger partial charge in [-0.25, -0.2) is 14.6 Å². The minimum absolute atomic E-state index is 0.149. The zero-order valence-corrected chi connectivity index (χ0v) is 16.0. The number of aryl methyl sites for hydroxylation is 2. The van der Waals surface area contributed by atoms with Crippen LogP contribution in [0.5, 0.6) is 5.75 Å². The van der Waals surface area contributed by atoms with Crippen molar-refractivity contribution in [3.63, 3.8) is 0 Å². The first kappa shape index (κ1) is 19.4. The lowest BCUT2D eigenvalue weighted by Gasteiger charge is -2.08. The molecule has 0 saturated carbocycles. The van der Waals surface area contributed by atoms with Crippen molar-refractivity contribution in [3.8, 4) is 5.75 Å². The second-order valence-corrected chi connectivity index (χ2v) is 6.30. The first-order valence-corrected chi connectivity index (χ1v) is 8.96. The van der Waals surface area contributed by atoms with Gasteiger partial charge in [0.05, 0.1) is 7.11 Å². The molecule has 0 aliphatic carbocycles. The number of carbonyl (C=O) groups excluding carboxylic acids is 1. The molecule has 3 rings (SSSR count). The van der Waals surface area contributed by atoms with E-state index < -0.39 is 17.2 Å². The summed E-state index contributed by atoms with van der Waals surface area (Å²) in [6, 6.07) is 6.73. The Morgan fingerprint density at radius 1 is 1.25 bits per heavy atom. The quantitative estimate of drug-likeness (QED) is 0.618. The molecule has 1 aromatic carbocycles. The summed E-state index contributed by atoms with van der Waals surface area (Å²) in [7, 11) is 3.12. The van der Waals surface area contributed by atoms with Crippen LogP contribution in [0.4, 0.5) is 0 Å². The molecule has 0 aliphatic heterocycles. The van der Waals surface area contributed by atoms with E-state index in [1.54, 1.807) is 31.3 Å². The van der Waals surface area contributed by atoms with Crippen molar-refractivity contribution in [2.75, 3.05) is 7.11 Å². The van der Waals surface area contributed by atoms with Crippen LogP contribution in [0.3, 0.4) is 0 Å². The van der Waals surface area contributed by atoms with Gasteiger partial charge in [0.1, 0.15) is 23.7 Å². The van der Waals surface area contributed by atoms with Gasteiger partial charge in [-0.3, -0.25) is 14.3 Å². The molecule has 0 atom stereocenters. The third-order valence-corrected chi connectivity index (χ3v) is 4.50. The van der Waals surface area contributed by atoms with Gasteiger partial charge in [0.15, 0.2) is 11.2 Å². The van der Waals surface area contributed by atoms with E-state index in [9.17, 15) is 14.4 Å². The van der Waals surface area contributed by atoms with Gasteiger partial charge in [-0.15, -0.1) is 0 Å². The third kappa shape index (κ3) is 3.55. The lowest BCUT2D eigenvalue weighted by Crippen LogP contribution is -2.31. The zero-order valence-electron chi connectivity index (χ0n) is 16.0. The Hall–Kier alpha value is -3.36. The number of carbonyl (C=O) groups is 1. The molecule has 9 heteroatoms. The maximum atomic E-state index is 12.4. The number of hydrogen-bond acceptors (Lipinski definition) is 6. The number of methoxy groups -OCH3 is 1. The Bertz CT molecular complexity index is 1130. The summed E-state index contributed by atoms with van der Waals surface area (Å²) in [4.78, 5) is 43.5. The summed E-state index contributed by atoms with van der Waals surface area (Å²) in [6.45, 7) is 2.30. The highest BCUT2D eigenvalue weighted by Crippen LogP contribution is 2.19. The molecule has 2 aromatic heterocycles. The van der Waals surface area contributed by atoms with Gasteiger partial charge in [0, 0.05) is 13.6 Å². The Labute approximate surface area is 160 Å². The highest BCUT2D eigenvalue weighted by atomic mass is 16.5. The summed E-state index contributed by atoms with van der Waals surface area (Å²) in [5.41, 5.74) is -0.180. The lowest BCUT2D eigenvalue weighted by atomic mass is 10.2. The van der Waals surface area contributed by atoms with Crippen LogP contribution >= 0.6 is 0 Å². The SMILES string of the molecule is CCCCn1c(=O)[nH]c(=O)c2c1nc(COC(=O)c1ccccc1OC)n2C. The maximum Gasteiger partial charge on any atom is 0.342 e. The number of rotatable bonds is 7. The Kier molecular flexibility index (Phi) is 5.62. The van der Waals surface area contributed by atoms with Gasteiger partial charge in [-0.1, -0.05) is 25.5 Å². The van der Waals surface area contributed by atoms with E-state index >= 15 is 0 Å².